The highest BCUT2D eigenvalue weighted by molar-refractivity contribution is 5.95. The molecule has 2 aromatic carbocycles. The highest BCUT2D eigenvalue weighted by Crippen LogP contribution is 2.48. The van der Waals surface area contributed by atoms with Gasteiger partial charge in [0, 0.05) is 23.3 Å². The highest BCUT2D eigenvalue weighted by Gasteiger charge is 2.45. The topological polar surface area (TPSA) is 41.1 Å². The maximum absolute atomic E-state index is 13.8. The van der Waals surface area contributed by atoms with E-state index in [1.165, 1.54) is 38.2 Å². The van der Waals surface area contributed by atoms with Crippen LogP contribution in [0.15, 0.2) is 48.5 Å². The Balaban J connectivity index is 1.31. The summed E-state index contributed by atoms with van der Waals surface area (Å²) in [6.07, 6.45) is 7.13. The third-order valence-corrected chi connectivity index (χ3v) is 5.56. The van der Waals surface area contributed by atoms with Gasteiger partial charge in [-0.25, -0.2) is 4.39 Å². The Hall–Kier alpha value is -2.36. The van der Waals surface area contributed by atoms with Crippen LogP contribution in [-0.4, -0.2) is 11.9 Å². The predicted octanol–water partition coefficient (Wildman–Crippen LogP) is 5.31. The fourth-order valence-corrected chi connectivity index (χ4v) is 3.97. The third-order valence-electron chi connectivity index (χ3n) is 5.56. The van der Waals surface area contributed by atoms with Crippen molar-refractivity contribution in [2.75, 3.05) is 10.6 Å². The summed E-state index contributed by atoms with van der Waals surface area (Å²) in [6, 6.07) is 15.2. The summed E-state index contributed by atoms with van der Waals surface area (Å²) < 4.78 is 13.8. The molecule has 4 heteroatoms. The second kappa shape index (κ2) is 7.48. The summed E-state index contributed by atoms with van der Waals surface area (Å²) in [5.74, 6) is -0.368. The van der Waals surface area contributed by atoms with Crippen molar-refractivity contribution in [3.63, 3.8) is 0 Å². The summed E-state index contributed by atoms with van der Waals surface area (Å²) in [4.78, 5) is 12.4. The molecule has 2 aliphatic rings. The van der Waals surface area contributed by atoms with Crippen LogP contribution in [0.4, 0.5) is 15.8 Å². The van der Waals surface area contributed by atoms with Crippen LogP contribution in [-0.2, 0) is 4.79 Å². The molecule has 0 radical (unpaired) electrons. The number of halogens is 1. The Bertz CT molecular complexity index is 768. The number of amides is 1. The summed E-state index contributed by atoms with van der Waals surface area (Å²) in [7, 11) is 0. The Labute approximate surface area is 154 Å². The van der Waals surface area contributed by atoms with Gasteiger partial charge >= 0.3 is 0 Å². The number of carbonyl (C=O) groups is 1. The molecule has 4 rings (SSSR count). The lowest BCUT2D eigenvalue weighted by Gasteiger charge is -2.23. The molecule has 0 aromatic heterocycles. The van der Waals surface area contributed by atoms with Gasteiger partial charge in [0.05, 0.1) is 0 Å². The first kappa shape index (κ1) is 17.1. The number of benzene rings is 2. The van der Waals surface area contributed by atoms with Crippen molar-refractivity contribution in [2.24, 2.45) is 5.92 Å². The first-order valence-electron chi connectivity index (χ1n) is 9.62. The van der Waals surface area contributed by atoms with Gasteiger partial charge in [0.1, 0.15) is 5.82 Å². The van der Waals surface area contributed by atoms with Crippen molar-refractivity contribution in [3.8, 4) is 0 Å². The molecule has 2 saturated carbocycles. The van der Waals surface area contributed by atoms with E-state index in [0.29, 0.717) is 18.0 Å². The summed E-state index contributed by atoms with van der Waals surface area (Å²) in [5.41, 5.74) is 2.55. The molecule has 2 N–H and O–H groups in total. The van der Waals surface area contributed by atoms with Crippen LogP contribution in [0.5, 0.6) is 0 Å². The molecule has 0 heterocycles. The van der Waals surface area contributed by atoms with Crippen LogP contribution in [0.1, 0.15) is 50.0 Å². The molecule has 136 valence electrons. The van der Waals surface area contributed by atoms with Crippen molar-refractivity contribution < 1.29 is 9.18 Å². The second-order valence-electron chi connectivity index (χ2n) is 7.52. The van der Waals surface area contributed by atoms with E-state index >= 15 is 0 Å². The summed E-state index contributed by atoms with van der Waals surface area (Å²) in [5, 5.41) is 6.54. The molecule has 2 aliphatic carbocycles. The molecule has 26 heavy (non-hydrogen) atoms. The minimum atomic E-state index is -0.217. The molecule has 3 nitrogen and oxygen atoms in total. The van der Waals surface area contributed by atoms with E-state index in [1.807, 2.05) is 30.3 Å². The van der Waals surface area contributed by atoms with Crippen molar-refractivity contribution in [1.29, 1.82) is 0 Å². The Morgan fingerprint density at radius 3 is 2.35 bits per heavy atom. The van der Waals surface area contributed by atoms with Crippen molar-refractivity contribution in [3.05, 3.63) is 59.9 Å². The quantitative estimate of drug-likeness (QED) is 0.765. The predicted molar refractivity (Wildman–Crippen MR) is 103 cm³/mol. The zero-order valence-corrected chi connectivity index (χ0v) is 14.9. The van der Waals surface area contributed by atoms with Gasteiger partial charge in [0.25, 0.3) is 0 Å². The van der Waals surface area contributed by atoms with Gasteiger partial charge in [-0.2, -0.15) is 0 Å². The standard InChI is InChI=1S/C22H25FN2O/c23-21-9-5-4-8-18(21)19-14-20(19)22(26)25-17-12-10-16(11-13-17)24-15-6-2-1-3-7-15/h4-5,8-13,15,19-20,24H,1-3,6-7,14H2,(H,25,26). The van der Waals surface area contributed by atoms with Crippen molar-refractivity contribution >= 4 is 17.3 Å². The zero-order valence-electron chi connectivity index (χ0n) is 14.9. The lowest BCUT2D eigenvalue weighted by molar-refractivity contribution is -0.117. The molecule has 2 unspecified atom stereocenters. The van der Waals surface area contributed by atoms with E-state index in [-0.39, 0.29) is 23.6 Å². The molecule has 0 bridgehead atoms. The smallest absolute Gasteiger partial charge is 0.228 e. The monoisotopic (exact) mass is 352 g/mol. The first-order valence-corrected chi connectivity index (χ1v) is 9.62. The van der Waals surface area contributed by atoms with Gasteiger partial charge in [-0.05, 0) is 61.1 Å². The maximum Gasteiger partial charge on any atom is 0.228 e. The Morgan fingerprint density at radius 2 is 1.62 bits per heavy atom. The minimum Gasteiger partial charge on any atom is -0.382 e. The van der Waals surface area contributed by atoms with Crippen LogP contribution >= 0.6 is 0 Å². The van der Waals surface area contributed by atoms with Crippen molar-refractivity contribution in [2.45, 2.75) is 50.5 Å². The van der Waals surface area contributed by atoms with Crippen LogP contribution in [0.3, 0.4) is 0 Å². The van der Waals surface area contributed by atoms with Crippen LogP contribution < -0.4 is 10.6 Å². The molecular formula is C22H25FN2O. The average Bonchev–Trinajstić information content (AvgIpc) is 3.45. The van der Waals surface area contributed by atoms with E-state index < -0.39 is 0 Å². The summed E-state index contributed by atoms with van der Waals surface area (Å²) in [6.45, 7) is 0. The van der Waals surface area contributed by atoms with E-state index in [4.69, 9.17) is 0 Å². The van der Waals surface area contributed by atoms with Gasteiger partial charge < -0.3 is 10.6 Å². The molecule has 0 saturated heterocycles. The Morgan fingerprint density at radius 1 is 0.923 bits per heavy atom. The fraction of sp³-hybridized carbons (Fsp3) is 0.409. The molecule has 2 atom stereocenters. The second-order valence-corrected chi connectivity index (χ2v) is 7.52. The minimum absolute atomic E-state index is 0.00319. The largest absolute Gasteiger partial charge is 0.382 e. The average molecular weight is 352 g/mol. The molecule has 0 aliphatic heterocycles. The van der Waals surface area contributed by atoms with Crippen LogP contribution in [0.2, 0.25) is 0 Å². The van der Waals surface area contributed by atoms with Gasteiger partial charge in [0.15, 0.2) is 0 Å². The number of hydrogen-bond acceptors (Lipinski definition) is 2. The number of rotatable bonds is 5. The van der Waals surface area contributed by atoms with E-state index in [1.54, 1.807) is 12.1 Å². The maximum atomic E-state index is 13.8. The molecule has 1 amide bonds. The first-order chi connectivity index (χ1) is 12.7. The van der Waals surface area contributed by atoms with E-state index in [0.717, 1.165) is 11.4 Å². The molecule has 2 fully saturated rings. The number of carbonyl (C=O) groups excluding carboxylic acids is 1. The van der Waals surface area contributed by atoms with Gasteiger partial charge in [-0.1, -0.05) is 37.5 Å². The van der Waals surface area contributed by atoms with Gasteiger partial charge in [-0.3, -0.25) is 4.79 Å². The highest BCUT2D eigenvalue weighted by atomic mass is 19.1. The third kappa shape index (κ3) is 3.90. The van der Waals surface area contributed by atoms with Crippen LogP contribution in [0.25, 0.3) is 0 Å². The lowest BCUT2D eigenvalue weighted by atomic mass is 9.95. The normalized spacial score (nSPS) is 22.7. The van der Waals surface area contributed by atoms with Gasteiger partial charge in [0.2, 0.25) is 5.91 Å². The number of nitrogens with one attached hydrogen (secondary N) is 2. The number of anilines is 2. The molecule has 2 aromatic rings. The summed E-state index contributed by atoms with van der Waals surface area (Å²) >= 11 is 0. The lowest BCUT2D eigenvalue weighted by Crippen LogP contribution is -2.22. The van der Waals surface area contributed by atoms with Gasteiger partial charge in [-0.15, -0.1) is 0 Å². The molecular weight excluding hydrogens is 327 g/mol. The Kier molecular flexibility index (Phi) is 4.91. The SMILES string of the molecule is O=C(Nc1ccc(NC2CCCCC2)cc1)C1CC1c1ccccc1F. The van der Waals surface area contributed by atoms with Crippen molar-refractivity contribution in [1.82, 2.24) is 0 Å². The van der Waals surface area contributed by atoms with E-state index in [9.17, 15) is 9.18 Å². The zero-order chi connectivity index (χ0) is 17.9. The molecule has 0 spiro atoms. The fourth-order valence-electron chi connectivity index (χ4n) is 3.97. The number of hydrogen-bond donors (Lipinski definition) is 2. The van der Waals surface area contributed by atoms with Crippen LogP contribution in [0, 0.1) is 11.7 Å². The van der Waals surface area contributed by atoms with E-state index in [2.05, 4.69) is 10.6 Å².